The van der Waals surface area contributed by atoms with E-state index in [1.165, 1.54) is 36.4 Å². The predicted octanol–water partition coefficient (Wildman–Crippen LogP) is 4.44. The van der Waals surface area contributed by atoms with Crippen LogP contribution in [-0.4, -0.2) is 30.0 Å². The van der Waals surface area contributed by atoms with Crippen molar-refractivity contribution in [2.45, 2.75) is 0 Å². The molecule has 0 spiro atoms. The Morgan fingerprint density at radius 2 is 1.64 bits per heavy atom. The summed E-state index contributed by atoms with van der Waals surface area (Å²) in [6.45, 7) is -0.639. The molecule has 0 heterocycles. The number of amides is 1. The third-order valence-electron chi connectivity index (χ3n) is 4.96. The van der Waals surface area contributed by atoms with Crippen LogP contribution in [0.15, 0.2) is 54.6 Å². The number of ether oxygens (including phenoxy) is 1. The van der Waals surface area contributed by atoms with Gasteiger partial charge >= 0.3 is 5.97 Å². The van der Waals surface area contributed by atoms with E-state index in [1.54, 1.807) is 18.2 Å². The van der Waals surface area contributed by atoms with Crippen molar-refractivity contribution < 1.29 is 23.9 Å². The first-order chi connectivity index (χ1) is 15.8. The summed E-state index contributed by atoms with van der Waals surface area (Å²) < 4.78 is 5.02. The van der Waals surface area contributed by atoms with Gasteiger partial charge in [0.15, 0.2) is 18.2 Å². The first kappa shape index (κ1) is 22.2. The van der Waals surface area contributed by atoms with Crippen LogP contribution in [0.25, 0.3) is 0 Å². The Morgan fingerprint density at radius 1 is 0.939 bits per heavy atom. The molecule has 0 aromatic heterocycles. The lowest BCUT2D eigenvalue weighted by atomic mass is 9.83. The molecule has 3 aromatic carbocycles. The molecule has 1 aliphatic rings. The number of fused-ring (bicyclic) bond motifs is 2. The highest BCUT2D eigenvalue weighted by Gasteiger charge is 2.33. The van der Waals surface area contributed by atoms with E-state index in [0.717, 1.165) is 0 Å². The Labute approximate surface area is 197 Å². The molecule has 1 aliphatic carbocycles. The van der Waals surface area contributed by atoms with Crippen molar-refractivity contribution in [1.82, 2.24) is 0 Å². The number of nitriles is 1. The first-order valence-electron chi connectivity index (χ1n) is 9.49. The highest BCUT2D eigenvalue weighted by atomic mass is 35.5. The topological polar surface area (TPSA) is 113 Å². The van der Waals surface area contributed by atoms with Crippen LogP contribution in [0, 0.1) is 11.3 Å². The summed E-state index contributed by atoms with van der Waals surface area (Å²) in [7, 11) is 0. The predicted molar refractivity (Wildman–Crippen MR) is 120 cm³/mol. The van der Waals surface area contributed by atoms with E-state index in [0.29, 0.717) is 5.69 Å². The van der Waals surface area contributed by atoms with E-state index in [-0.39, 0.29) is 49.2 Å². The fraction of sp³-hybridized carbons (Fsp3) is 0.0417. The van der Waals surface area contributed by atoms with Crippen LogP contribution in [0.3, 0.4) is 0 Å². The highest BCUT2D eigenvalue weighted by Crippen LogP contribution is 2.34. The quantitative estimate of drug-likeness (QED) is 0.433. The minimum absolute atomic E-state index is 0.0773. The van der Waals surface area contributed by atoms with E-state index in [1.807, 2.05) is 6.07 Å². The maximum atomic E-state index is 12.9. The van der Waals surface area contributed by atoms with Gasteiger partial charge in [0.1, 0.15) is 6.07 Å². The molecule has 0 radical (unpaired) electrons. The van der Waals surface area contributed by atoms with Gasteiger partial charge in [0.2, 0.25) is 0 Å². The van der Waals surface area contributed by atoms with E-state index < -0.39 is 24.3 Å². The minimum atomic E-state index is -0.935. The molecule has 0 atom stereocenters. The third-order valence-corrected chi connectivity index (χ3v) is 5.66. The van der Waals surface area contributed by atoms with Crippen LogP contribution in [-0.2, 0) is 9.53 Å². The number of carbonyl (C=O) groups excluding carboxylic acids is 4. The lowest BCUT2D eigenvalue weighted by Crippen LogP contribution is -2.24. The maximum absolute atomic E-state index is 12.9. The molecule has 1 N–H and O–H groups in total. The summed E-state index contributed by atoms with van der Waals surface area (Å²) in [5, 5.41) is 11.3. The van der Waals surface area contributed by atoms with Crippen molar-refractivity contribution >= 4 is 52.3 Å². The molecular weight excluding hydrogens is 467 g/mol. The maximum Gasteiger partial charge on any atom is 0.340 e. The fourth-order valence-corrected chi connectivity index (χ4v) is 3.94. The summed E-state index contributed by atoms with van der Waals surface area (Å²) in [5.74, 6) is -2.44. The van der Waals surface area contributed by atoms with Crippen LogP contribution >= 0.6 is 23.2 Å². The van der Waals surface area contributed by atoms with Gasteiger partial charge in [0.25, 0.3) is 5.91 Å². The molecule has 7 nitrogen and oxygen atoms in total. The molecule has 0 unspecified atom stereocenters. The highest BCUT2D eigenvalue weighted by molar-refractivity contribution is 6.41. The van der Waals surface area contributed by atoms with Gasteiger partial charge in [0, 0.05) is 22.4 Å². The summed E-state index contributed by atoms with van der Waals surface area (Å²) in [5.41, 5.74) is 0.893. The van der Waals surface area contributed by atoms with E-state index in [4.69, 9.17) is 33.2 Å². The van der Waals surface area contributed by atoms with Crippen LogP contribution < -0.4 is 5.32 Å². The summed E-state index contributed by atoms with van der Waals surface area (Å²) >= 11 is 12.2. The molecule has 0 fully saturated rings. The number of carbonyl (C=O) groups is 4. The zero-order valence-corrected chi connectivity index (χ0v) is 18.2. The molecule has 33 heavy (non-hydrogen) atoms. The van der Waals surface area contributed by atoms with Crippen molar-refractivity contribution in [1.29, 1.82) is 5.26 Å². The van der Waals surface area contributed by atoms with Crippen LogP contribution in [0.4, 0.5) is 5.69 Å². The Hall–Kier alpha value is -3.99. The standard InChI is InChI=1S/C24H12Cl2N2O5/c25-18-9-13(6-5-12(18)10-27)28-19(29)11-33-24(32)17-8-7-16-20(21(17)26)23(31)15-4-2-1-3-14(15)22(16)30/h1-9H,11H2,(H,28,29). The average molecular weight is 479 g/mol. The minimum Gasteiger partial charge on any atom is -0.452 e. The molecule has 0 aliphatic heterocycles. The molecule has 0 saturated carbocycles. The van der Waals surface area contributed by atoms with Gasteiger partial charge in [-0.15, -0.1) is 0 Å². The average Bonchev–Trinajstić information content (AvgIpc) is 2.81. The molecule has 3 aromatic rings. The number of hydrogen-bond donors (Lipinski definition) is 1. The SMILES string of the molecule is N#Cc1ccc(NC(=O)COC(=O)c2ccc3c(c2Cl)C(=O)c2ccccc2C3=O)cc1Cl. The Kier molecular flexibility index (Phi) is 5.97. The molecule has 0 bridgehead atoms. The second kappa shape index (κ2) is 8.87. The normalized spacial score (nSPS) is 11.8. The van der Waals surface area contributed by atoms with Crippen LogP contribution in [0.2, 0.25) is 10.0 Å². The van der Waals surface area contributed by atoms with Crippen molar-refractivity contribution in [3.8, 4) is 6.07 Å². The first-order valence-corrected chi connectivity index (χ1v) is 10.2. The van der Waals surface area contributed by atoms with Crippen molar-refractivity contribution in [3.05, 3.63) is 98.0 Å². The number of nitrogens with zero attached hydrogens (tertiary/aromatic N) is 1. The molecule has 1 amide bonds. The number of anilines is 1. The number of benzene rings is 3. The van der Waals surface area contributed by atoms with Gasteiger partial charge in [0.05, 0.1) is 26.7 Å². The zero-order chi connectivity index (χ0) is 23.7. The molecule has 0 saturated heterocycles. The number of esters is 1. The monoisotopic (exact) mass is 478 g/mol. The van der Waals surface area contributed by atoms with Gasteiger partial charge in [-0.1, -0.05) is 47.5 Å². The van der Waals surface area contributed by atoms with E-state index in [9.17, 15) is 19.2 Å². The fourth-order valence-electron chi connectivity index (χ4n) is 3.39. The molecule has 162 valence electrons. The van der Waals surface area contributed by atoms with Gasteiger partial charge < -0.3 is 10.1 Å². The zero-order valence-electron chi connectivity index (χ0n) is 16.6. The number of halogens is 2. The molecular formula is C24H12Cl2N2O5. The smallest absolute Gasteiger partial charge is 0.340 e. The van der Waals surface area contributed by atoms with E-state index in [2.05, 4.69) is 5.32 Å². The molecule has 9 heteroatoms. The lowest BCUT2D eigenvalue weighted by molar-refractivity contribution is -0.119. The Morgan fingerprint density at radius 3 is 2.30 bits per heavy atom. The van der Waals surface area contributed by atoms with Crippen molar-refractivity contribution in [3.63, 3.8) is 0 Å². The van der Waals surface area contributed by atoms with Crippen LogP contribution in [0.1, 0.15) is 47.8 Å². The number of rotatable bonds is 4. The van der Waals surface area contributed by atoms with Gasteiger partial charge in [-0.25, -0.2) is 4.79 Å². The van der Waals surface area contributed by atoms with Gasteiger partial charge in [-0.2, -0.15) is 5.26 Å². The number of nitrogens with one attached hydrogen (secondary N) is 1. The second-order valence-corrected chi connectivity index (χ2v) is 7.77. The third kappa shape index (κ3) is 4.10. The lowest BCUT2D eigenvalue weighted by Gasteiger charge is -2.19. The summed E-state index contributed by atoms with van der Waals surface area (Å²) in [4.78, 5) is 50.3. The van der Waals surface area contributed by atoms with Crippen molar-refractivity contribution in [2.75, 3.05) is 11.9 Å². The Bertz CT molecular complexity index is 1410. The van der Waals surface area contributed by atoms with Crippen LogP contribution in [0.5, 0.6) is 0 Å². The largest absolute Gasteiger partial charge is 0.452 e. The summed E-state index contributed by atoms with van der Waals surface area (Å²) in [6, 6.07) is 15.2. The van der Waals surface area contributed by atoms with Crippen molar-refractivity contribution in [2.24, 2.45) is 0 Å². The molecule has 4 rings (SSSR count). The van der Waals surface area contributed by atoms with Gasteiger partial charge in [-0.3, -0.25) is 14.4 Å². The van der Waals surface area contributed by atoms with E-state index >= 15 is 0 Å². The number of hydrogen-bond acceptors (Lipinski definition) is 6. The summed E-state index contributed by atoms with van der Waals surface area (Å²) in [6.07, 6.45) is 0. The Balaban J connectivity index is 1.50. The number of ketones is 2. The van der Waals surface area contributed by atoms with Gasteiger partial charge in [-0.05, 0) is 30.3 Å². The second-order valence-electron chi connectivity index (χ2n) is 6.98.